The standard InChI is InChI=1S/C12H18BrN3O/c1-12(2,3)4-5-15-11(17)8-6-10(14)16-7-9(8)13/h6-7H,4-5H2,1-3H3,(H2,14,16)(H,15,17). The largest absolute Gasteiger partial charge is 0.384 e. The molecule has 0 aliphatic rings. The van der Waals surface area contributed by atoms with E-state index in [1.807, 2.05) is 0 Å². The number of nitrogens with zero attached hydrogens (tertiary/aromatic N) is 1. The second-order valence-corrected chi connectivity index (χ2v) is 6.01. The van der Waals surface area contributed by atoms with E-state index in [1.54, 1.807) is 6.07 Å². The van der Waals surface area contributed by atoms with Crippen molar-refractivity contribution in [1.29, 1.82) is 0 Å². The Morgan fingerprint density at radius 3 is 2.76 bits per heavy atom. The normalized spacial score (nSPS) is 11.3. The Hall–Kier alpha value is -1.10. The zero-order chi connectivity index (χ0) is 13.1. The predicted octanol–water partition coefficient (Wildman–Crippen LogP) is 2.59. The number of pyridine rings is 1. The van der Waals surface area contributed by atoms with Crippen LogP contribution in [0.1, 0.15) is 37.6 Å². The van der Waals surface area contributed by atoms with Gasteiger partial charge in [-0.3, -0.25) is 4.79 Å². The molecule has 0 aliphatic heterocycles. The van der Waals surface area contributed by atoms with Crippen LogP contribution in [-0.2, 0) is 0 Å². The Labute approximate surface area is 110 Å². The van der Waals surface area contributed by atoms with Gasteiger partial charge in [-0.1, -0.05) is 20.8 Å². The number of nitrogen functional groups attached to an aromatic ring is 1. The minimum Gasteiger partial charge on any atom is -0.384 e. The third-order valence-corrected chi connectivity index (χ3v) is 2.91. The van der Waals surface area contributed by atoms with E-state index in [-0.39, 0.29) is 11.3 Å². The number of amides is 1. The average molecular weight is 300 g/mol. The number of hydrogen-bond donors (Lipinski definition) is 2. The van der Waals surface area contributed by atoms with Gasteiger partial charge < -0.3 is 11.1 Å². The third-order valence-electron chi connectivity index (χ3n) is 2.28. The van der Waals surface area contributed by atoms with Gasteiger partial charge in [0.15, 0.2) is 0 Å². The maximum absolute atomic E-state index is 11.9. The monoisotopic (exact) mass is 299 g/mol. The van der Waals surface area contributed by atoms with Crippen LogP contribution in [0.25, 0.3) is 0 Å². The number of aromatic nitrogens is 1. The molecule has 1 heterocycles. The van der Waals surface area contributed by atoms with Gasteiger partial charge in [-0.15, -0.1) is 0 Å². The molecule has 0 spiro atoms. The minimum atomic E-state index is -0.129. The number of carbonyl (C=O) groups is 1. The van der Waals surface area contributed by atoms with Gasteiger partial charge in [0.1, 0.15) is 5.82 Å². The molecule has 0 fully saturated rings. The van der Waals surface area contributed by atoms with Gasteiger partial charge in [0.2, 0.25) is 0 Å². The van der Waals surface area contributed by atoms with Crippen LogP contribution >= 0.6 is 15.9 Å². The Kier molecular flexibility index (Phi) is 4.51. The lowest BCUT2D eigenvalue weighted by molar-refractivity contribution is 0.0948. The molecule has 0 aromatic carbocycles. The molecule has 4 nitrogen and oxygen atoms in total. The molecule has 5 heteroatoms. The number of hydrogen-bond acceptors (Lipinski definition) is 3. The van der Waals surface area contributed by atoms with Crippen molar-refractivity contribution < 1.29 is 4.79 Å². The first-order chi connectivity index (χ1) is 7.79. The number of nitrogens with one attached hydrogen (secondary N) is 1. The summed E-state index contributed by atoms with van der Waals surface area (Å²) in [5.41, 5.74) is 6.28. The summed E-state index contributed by atoms with van der Waals surface area (Å²) in [4.78, 5) is 15.8. The first kappa shape index (κ1) is 14.0. The van der Waals surface area contributed by atoms with Crippen molar-refractivity contribution in [2.24, 2.45) is 5.41 Å². The lowest BCUT2D eigenvalue weighted by Gasteiger charge is -2.18. The van der Waals surface area contributed by atoms with Crippen molar-refractivity contribution in [2.45, 2.75) is 27.2 Å². The van der Waals surface area contributed by atoms with E-state index >= 15 is 0 Å². The molecule has 1 amide bonds. The van der Waals surface area contributed by atoms with Crippen molar-refractivity contribution in [3.8, 4) is 0 Å². The molecule has 1 rings (SSSR count). The van der Waals surface area contributed by atoms with Gasteiger partial charge in [0.25, 0.3) is 5.91 Å². The van der Waals surface area contributed by atoms with Crippen LogP contribution in [0.5, 0.6) is 0 Å². The molecule has 0 radical (unpaired) electrons. The summed E-state index contributed by atoms with van der Waals surface area (Å²) in [6, 6.07) is 1.57. The van der Waals surface area contributed by atoms with Gasteiger partial charge >= 0.3 is 0 Å². The summed E-state index contributed by atoms with van der Waals surface area (Å²) in [5, 5.41) is 2.87. The molecule has 1 aromatic rings. The number of halogens is 1. The lowest BCUT2D eigenvalue weighted by Crippen LogP contribution is -2.27. The summed E-state index contributed by atoms with van der Waals surface area (Å²) in [6.45, 7) is 7.06. The lowest BCUT2D eigenvalue weighted by atomic mass is 9.92. The smallest absolute Gasteiger partial charge is 0.252 e. The Bertz CT molecular complexity index is 413. The summed E-state index contributed by atoms with van der Waals surface area (Å²) in [6.07, 6.45) is 2.46. The molecule has 0 saturated heterocycles. The Morgan fingerprint density at radius 2 is 2.18 bits per heavy atom. The second kappa shape index (κ2) is 5.49. The van der Waals surface area contributed by atoms with Gasteiger partial charge in [0, 0.05) is 17.2 Å². The SMILES string of the molecule is CC(C)(C)CCNC(=O)c1cc(N)ncc1Br. The summed E-state index contributed by atoms with van der Waals surface area (Å²) >= 11 is 3.28. The third kappa shape index (κ3) is 4.73. The Balaban J connectivity index is 2.61. The summed E-state index contributed by atoms with van der Waals surface area (Å²) in [5.74, 6) is 0.212. The highest BCUT2D eigenvalue weighted by Crippen LogP contribution is 2.19. The molecule has 1 aromatic heterocycles. The van der Waals surface area contributed by atoms with Crippen LogP contribution in [0.2, 0.25) is 0 Å². The van der Waals surface area contributed by atoms with E-state index < -0.39 is 0 Å². The highest BCUT2D eigenvalue weighted by atomic mass is 79.9. The van der Waals surface area contributed by atoms with Crippen LogP contribution in [-0.4, -0.2) is 17.4 Å². The molecule has 17 heavy (non-hydrogen) atoms. The highest BCUT2D eigenvalue weighted by Gasteiger charge is 2.13. The fourth-order valence-electron chi connectivity index (χ4n) is 1.28. The molecule has 94 valence electrons. The fourth-order valence-corrected chi connectivity index (χ4v) is 1.67. The van der Waals surface area contributed by atoms with Crippen LogP contribution in [0.3, 0.4) is 0 Å². The van der Waals surface area contributed by atoms with Crippen molar-refractivity contribution in [3.05, 3.63) is 22.3 Å². The molecule has 0 unspecified atom stereocenters. The van der Waals surface area contributed by atoms with Gasteiger partial charge in [0.05, 0.1) is 5.56 Å². The maximum Gasteiger partial charge on any atom is 0.252 e. The van der Waals surface area contributed by atoms with Crippen molar-refractivity contribution in [1.82, 2.24) is 10.3 Å². The first-order valence-corrected chi connectivity index (χ1v) is 6.28. The fraction of sp³-hybridized carbons (Fsp3) is 0.500. The molecule has 0 bridgehead atoms. The zero-order valence-electron chi connectivity index (χ0n) is 10.4. The molecule has 0 atom stereocenters. The molecular weight excluding hydrogens is 282 g/mol. The highest BCUT2D eigenvalue weighted by molar-refractivity contribution is 9.10. The van der Waals surface area contributed by atoms with E-state index in [0.29, 0.717) is 22.4 Å². The number of anilines is 1. The Morgan fingerprint density at radius 1 is 1.53 bits per heavy atom. The van der Waals surface area contributed by atoms with Gasteiger partial charge in [-0.25, -0.2) is 4.98 Å². The van der Waals surface area contributed by atoms with E-state index in [9.17, 15) is 4.79 Å². The quantitative estimate of drug-likeness (QED) is 0.901. The van der Waals surface area contributed by atoms with Crippen LogP contribution in [0, 0.1) is 5.41 Å². The van der Waals surface area contributed by atoms with Crippen LogP contribution in [0.4, 0.5) is 5.82 Å². The van der Waals surface area contributed by atoms with Crippen LogP contribution < -0.4 is 11.1 Å². The number of nitrogens with two attached hydrogens (primary N) is 1. The minimum absolute atomic E-state index is 0.129. The van der Waals surface area contributed by atoms with E-state index in [4.69, 9.17) is 5.73 Å². The first-order valence-electron chi connectivity index (χ1n) is 5.49. The summed E-state index contributed by atoms with van der Waals surface area (Å²) in [7, 11) is 0. The van der Waals surface area contributed by atoms with Crippen molar-refractivity contribution >= 4 is 27.7 Å². The predicted molar refractivity (Wildman–Crippen MR) is 72.8 cm³/mol. The molecule has 0 saturated carbocycles. The zero-order valence-corrected chi connectivity index (χ0v) is 12.0. The van der Waals surface area contributed by atoms with E-state index in [0.717, 1.165) is 6.42 Å². The number of rotatable bonds is 3. The van der Waals surface area contributed by atoms with E-state index in [1.165, 1.54) is 6.20 Å². The van der Waals surface area contributed by atoms with Gasteiger partial charge in [-0.2, -0.15) is 0 Å². The molecule has 0 aliphatic carbocycles. The molecular formula is C12H18BrN3O. The van der Waals surface area contributed by atoms with Gasteiger partial charge in [-0.05, 0) is 33.8 Å². The summed E-state index contributed by atoms with van der Waals surface area (Å²) < 4.78 is 0.653. The molecule has 3 N–H and O–H groups in total. The van der Waals surface area contributed by atoms with Crippen molar-refractivity contribution in [3.63, 3.8) is 0 Å². The number of carbonyl (C=O) groups excluding carboxylic acids is 1. The van der Waals surface area contributed by atoms with Crippen molar-refractivity contribution in [2.75, 3.05) is 12.3 Å². The second-order valence-electron chi connectivity index (χ2n) is 5.16. The maximum atomic E-state index is 11.9. The average Bonchev–Trinajstić information content (AvgIpc) is 2.19. The van der Waals surface area contributed by atoms with E-state index in [2.05, 4.69) is 47.0 Å². The topological polar surface area (TPSA) is 68.0 Å². The van der Waals surface area contributed by atoms with Crippen LogP contribution in [0.15, 0.2) is 16.7 Å².